The van der Waals surface area contributed by atoms with Crippen molar-refractivity contribution >= 4 is 0 Å². The van der Waals surface area contributed by atoms with E-state index in [1.165, 1.54) is 7.11 Å². The molecule has 3 aromatic rings. The van der Waals surface area contributed by atoms with Gasteiger partial charge in [0.1, 0.15) is 5.75 Å². The van der Waals surface area contributed by atoms with Crippen molar-refractivity contribution in [3.05, 3.63) is 66.7 Å². The van der Waals surface area contributed by atoms with Crippen molar-refractivity contribution in [1.29, 1.82) is 0 Å². The lowest BCUT2D eigenvalue weighted by Gasteiger charge is -2.16. The molecule has 3 aromatic carbocycles. The molecular weight excluding hydrogens is 276 g/mol. The van der Waals surface area contributed by atoms with E-state index in [0.29, 0.717) is 11.1 Å². The van der Waals surface area contributed by atoms with E-state index in [-0.39, 0.29) is 17.2 Å². The highest BCUT2D eigenvalue weighted by Crippen LogP contribution is 2.48. The van der Waals surface area contributed by atoms with Crippen molar-refractivity contribution < 1.29 is 14.9 Å². The molecule has 2 N–H and O–H groups in total. The van der Waals surface area contributed by atoms with Crippen LogP contribution in [0, 0.1) is 0 Å². The van der Waals surface area contributed by atoms with E-state index in [1.807, 2.05) is 60.7 Å². The van der Waals surface area contributed by atoms with E-state index in [0.717, 1.165) is 11.1 Å². The Morgan fingerprint density at radius 2 is 1.32 bits per heavy atom. The molecule has 0 radical (unpaired) electrons. The van der Waals surface area contributed by atoms with Crippen LogP contribution in [0.25, 0.3) is 22.3 Å². The minimum atomic E-state index is 0.0188. The highest BCUT2D eigenvalue weighted by molar-refractivity contribution is 5.87. The largest absolute Gasteiger partial charge is 0.507 e. The van der Waals surface area contributed by atoms with Crippen LogP contribution in [0.15, 0.2) is 66.7 Å². The summed E-state index contributed by atoms with van der Waals surface area (Å²) in [7, 11) is 1.48. The van der Waals surface area contributed by atoms with Crippen molar-refractivity contribution in [2.75, 3.05) is 7.11 Å². The second-order valence-electron chi connectivity index (χ2n) is 4.93. The maximum absolute atomic E-state index is 10.6. The summed E-state index contributed by atoms with van der Waals surface area (Å²) in [6.07, 6.45) is 0. The minimum Gasteiger partial charge on any atom is -0.507 e. The fourth-order valence-corrected chi connectivity index (χ4v) is 2.55. The topological polar surface area (TPSA) is 49.7 Å². The third-order valence-electron chi connectivity index (χ3n) is 3.59. The van der Waals surface area contributed by atoms with Gasteiger partial charge in [-0.3, -0.25) is 0 Å². The first-order valence-corrected chi connectivity index (χ1v) is 6.96. The lowest BCUT2D eigenvalue weighted by molar-refractivity contribution is 0.372. The predicted molar refractivity (Wildman–Crippen MR) is 87.2 cm³/mol. The summed E-state index contributed by atoms with van der Waals surface area (Å²) < 4.78 is 5.36. The van der Waals surface area contributed by atoms with Gasteiger partial charge in [0, 0.05) is 5.56 Å². The summed E-state index contributed by atoms with van der Waals surface area (Å²) in [5, 5.41) is 21.0. The molecule has 110 valence electrons. The van der Waals surface area contributed by atoms with Gasteiger partial charge in [-0.1, -0.05) is 60.7 Å². The molecular formula is C19H16O3. The van der Waals surface area contributed by atoms with Crippen LogP contribution in [-0.2, 0) is 0 Å². The van der Waals surface area contributed by atoms with E-state index in [2.05, 4.69) is 0 Å². The zero-order chi connectivity index (χ0) is 15.5. The zero-order valence-corrected chi connectivity index (χ0v) is 12.2. The SMILES string of the molecule is COc1c(O)c(-c2ccccc2)cc(O)c1-c1ccccc1. The third-order valence-corrected chi connectivity index (χ3v) is 3.59. The van der Waals surface area contributed by atoms with Crippen LogP contribution < -0.4 is 4.74 Å². The van der Waals surface area contributed by atoms with E-state index in [4.69, 9.17) is 4.74 Å². The number of hydrogen-bond acceptors (Lipinski definition) is 3. The first-order valence-electron chi connectivity index (χ1n) is 6.96. The maximum Gasteiger partial charge on any atom is 0.172 e. The molecule has 0 amide bonds. The molecule has 0 fully saturated rings. The summed E-state index contributed by atoms with van der Waals surface area (Å²) in [5.74, 6) is 0.357. The van der Waals surface area contributed by atoms with Gasteiger partial charge in [-0.2, -0.15) is 0 Å². The highest BCUT2D eigenvalue weighted by Gasteiger charge is 2.20. The molecule has 3 nitrogen and oxygen atoms in total. The van der Waals surface area contributed by atoms with Crippen LogP contribution in [0.2, 0.25) is 0 Å². The molecule has 0 aromatic heterocycles. The Morgan fingerprint density at radius 3 is 1.86 bits per heavy atom. The normalized spacial score (nSPS) is 10.4. The van der Waals surface area contributed by atoms with Gasteiger partial charge in [-0.25, -0.2) is 0 Å². The number of hydrogen-bond donors (Lipinski definition) is 2. The van der Waals surface area contributed by atoms with Gasteiger partial charge in [0.25, 0.3) is 0 Å². The van der Waals surface area contributed by atoms with Crippen molar-refractivity contribution in [2.45, 2.75) is 0 Å². The van der Waals surface area contributed by atoms with Gasteiger partial charge in [-0.05, 0) is 17.2 Å². The van der Waals surface area contributed by atoms with Crippen LogP contribution in [0.5, 0.6) is 17.2 Å². The second-order valence-corrected chi connectivity index (χ2v) is 4.93. The Labute approximate surface area is 129 Å². The summed E-state index contributed by atoms with van der Waals surface area (Å²) in [6, 6.07) is 20.3. The fraction of sp³-hybridized carbons (Fsp3) is 0.0526. The Morgan fingerprint density at radius 1 is 0.773 bits per heavy atom. The molecule has 3 heteroatoms. The van der Waals surface area contributed by atoms with Crippen molar-refractivity contribution in [3.8, 4) is 39.5 Å². The Balaban J connectivity index is 2.25. The average Bonchev–Trinajstić information content (AvgIpc) is 2.57. The standard InChI is InChI=1S/C19H16O3/c1-22-19-17(14-10-6-3-7-11-14)16(20)12-15(18(19)21)13-8-4-2-5-9-13/h2-12,20-21H,1H3. The highest BCUT2D eigenvalue weighted by atomic mass is 16.5. The fourth-order valence-electron chi connectivity index (χ4n) is 2.55. The van der Waals surface area contributed by atoms with Crippen molar-refractivity contribution in [1.82, 2.24) is 0 Å². The summed E-state index contributed by atoms with van der Waals surface area (Å²) in [6.45, 7) is 0. The van der Waals surface area contributed by atoms with Crippen LogP contribution in [0.3, 0.4) is 0 Å². The number of methoxy groups -OCH3 is 1. The summed E-state index contributed by atoms with van der Waals surface area (Å²) in [5.41, 5.74) is 2.62. The first-order chi connectivity index (χ1) is 10.7. The van der Waals surface area contributed by atoms with Crippen LogP contribution in [-0.4, -0.2) is 17.3 Å². The predicted octanol–water partition coefficient (Wildman–Crippen LogP) is 4.44. The first kappa shape index (κ1) is 14.0. The maximum atomic E-state index is 10.6. The van der Waals surface area contributed by atoms with Crippen LogP contribution >= 0.6 is 0 Å². The molecule has 0 aliphatic heterocycles. The molecule has 22 heavy (non-hydrogen) atoms. The number of phenols is 2. The van der Waals surface area contributed by atoms with Crippen molar-refractivity contribution in [3.63, 3.8) is 0 Å². The molecule has 0 spiro atoms. The van der Waals surface area contributed by atoms with Gasteiger partial charge < -0.3 is 14.9 Å². The number of benzene rings is 3. The molecule has 0 atom stereocenters. The van der Waals surface area contributed by atoms with E-state index < -0.39 is 0 Å². The van der Waals surface area contributed by atoms with Gasteiger partial charge in [0.05, 0.1) is 12.7 Å². The quantitative estimate of drug-likeness (QED) is 0.702. The van der Waals surface area contributed by atoms with Crippen LogP contribution in [0.4, 0.5) is 0 Å². The zero-order valence-electron chi connectivity index (χ0n) is 12.2. The Kier molecular flexibility index (Phi) is 3.71. The van der Waals surface area contributed by atoms with E-state index in [9.17, 15) is 10.2 Å². The van der Waals surface area contributed by atoms with Gasteiger partial charge in [0.15, 0.2) is 11.5 Å². The van der Waals surface area contributed by atoms with Gasteiger partial charge >= 0.3 is 0 Å². The smallest absolute Gasteiger partial charge is 0.172 e. The Bertz CT molecular complexity index is 781. The summed E-state index contributed by atoms with van der Waals surface area (Å²) >= 11 is 0. The molecule has 3 rings (SSSR count). The number of ether oxygens (including phenoxy) is 1. The monoisotopic (exact) mass is 292 g/mol. The van der Waals surface area contributed by atoms with E-state index in [1.54, 1.807) is 6.07 Å². The lowest BCUT2D eigenvalue weighted by atomic mass is 9.97. The number of rotatable bonds is 3. The average molecular weight is 292 g/mol. The molecule has 0 saturated carbocycles. The third kappa shape index (κ3) is 2.37. The molecule has 0 heterocycles. The minimum absolute atomic E-state index is 0.0188. The van der Waals surface area contributed by atoms with Gasteiger partial charge in [-0.15, -0.1) is 0 Å². The molecule has 0 unspecified atom stereocenters. The molecule has 0 bridgehead atoms. The number of aromatic hydroxyl groups is 2. The summed E-state index contributed by atoms with van der Waals surface area (Å²) in [4.78, 5) is 0. The van der Waals surface area contributed by atoms with Gasteiger partial charge in [0.2, 0.25) is 0 Å². The molecule has 0 aliphatic rings. The molecule has 0 saturated heterocycles. The van der Waals surface area contributed by atoms with Crippen molar-refractivity contribution in [2.24, 2.45) is 0 Å². The Hall–Kier alpha value is -2.94. The van der Waals surface area contributed by atoms with Crippen LogP contribution in [0.1, 0.15) is 0 Å². The number of phenolic OH excluding ortho intramolecular Hbond substituents is 2. The second kappa shape index (κ2) is 5.82. The lowest BCUT2D eigenvalue weighted by Crippen LogP contribution is -1.92. The molecule has 0 aliphatic carbocycles. The van der Waals surface area contributed by atoms with E-state index >= 15 is 0 Å².